The van der Waals surface area contributed by atoms with Gasteiger partial charge >= 0.3 is 19.8 Å². The summed E-state index contributed by atoms with van der Waals surface area (Å²) in [5.41, 5.74) is 0. The van der Waals surface area contributed by atoms with Gasteiger partial charge in [-0.3, -0.25) is 14.1 Å². The highest BCUT2D eigenvalue weighted by Gasteiger charge is 2.22. The van der Waals surface area contributed by atoms with Gasteiger partial charge < -0.3 is 24.4 Å². The Hall–Kier alpha value is -2.29. The largest absolute Gasteiger partial charge is 0.469 e. The summed E-state index contributed by atoms with van der Waals surface area (Å²) in [5, 5.41) is 9.69. The molecule has 0 rings (SSSR count). The Bertz CT molecular complexity index is 965. The minimum atomic E-state index is -4.77. The van der Waals surface area contributed by atoms with E-state index >= 15 is 0 Å². The van der Waals surface area contributed by atoms with E-state index < -0.39 is 32.5 Å². The lowest BCUT2D eigenvalue weighted by Gasteiger charge is -2.18. The Balaban J connectivity index is 4.16. The summed E-state index contributed by atoms with van der Waals surface area (Å²) in [4.78, 5) is 42.5. The number of phosphoric acid groups is 1. The quantitative estimate of drug-likeness (QED) is 0.0283. The lowest BCUT2D eigenvalue weighted by Crippen LogP contribution is -2.29. The van der Waals surface area contributed by atoms with Crippen molar-refractivity contribution in [3.05, 3.63) is 60.8 Å². The Morgan fingerprint density at radius 2 is 1.17 bits per heavy atom. The molecule has 0 aliphatic rings. The first-order chi connectivity index (χ1) is 22.7. The zero-order valence-corrected chi connectivity index (χ0v) is 29.9. The first-order valence-corrected chi connectivity index (χ1v) is 19.2. The van der Waals surface area contributed by atoms with Crippen LogP contribution in [0.1, 0.15) is 136 Å². The number of carbonyl (C=O) groups is 2. The lowest BCUT2D eigenvalue weighted by atomic mass is 10.1. The molecule has 9 nitrogen and oxygen atoms in total. The standard InChI is InChI=1S/C37H63O9P/c1-3-5-6-7-8-9-13-17-20-23-26-30-36(39)44-32-35(33-45-47(41,42)43)46-37(40)31-27-24-21-18-15-12-10-11-14-16-19-22-25-29-34(38)28-4-2/h7-8,10,12,14,16,18,21-22,25,34-35,38H,3-6,9,11,13,15,17,19-20,23-24,26-33H2,1-2H3,(H2,41,42,43)/b8-7-,12-10-,16-14-,21-18-,25-22-/t34?,35-/m1/s1. The van der Waals surface area contributed by atoms with Crippen molar-refractivity contribution in [2.75, 3.05) is 13.2 Å². The van der Waals surface area contributed by atoms with Crippen LogP contribution in [0.15, 0.2) is 60.8 Å². The van der Waals surface area contributed by atoms with Crippen LogP contribution in [0, 0.1) is 0 Å². The third-order valence-electron chi connectivity index (χ3n) is 7.06. The normalized spacial score (nSPS) is 13.9. The first-order valence-electron chi connectivity index (χ1n) is 17.7. The molecular formula is C37H63O9P. The summed E-state index contributed by atoms with van der Waals surface area (Å²) in [5.74, 6) is -0.990. The molecule has 0 aromatic carbocycles. The monoisotopic (exact) mass is 682 g/mol. The number of allylic oxidation sites excluding steroid dienone is 9. The number of carbonyl (C=O) groups excluding carboxylic acids is 2. The van der Waals surface area contributed by atoms with Crippen molar-refractivity contribution in [2.24, 2.45) is 0 Å². The number of hydrogen-bond acceptors (Lipinski definition) is 7. The Morgan fingerprint density at radius 1 is 0.638 bits per heavy atom. The fourth-order valence-electron chi connectivity index (χ4n) is 4.42. The molecule has 1 unspecified atom stereocenters. The number of aliphatic hydroxyl groups excluding tert-OH is 1. The van der Waals surface area contributed by atoms with E-state index in [2.05, 4.69) is 60.9 Å². The van der Waals surface area contributed by atoms with Gasteiger partial charge in [-0.1, -0.05) is 113 Å². The predicted molar refractivity (Wildman–Crippen MR) is 190 cm³/mol. The number of hydrogen-bond donors (Lipinski definition) is 3. The number of rotatable bonds is 31. The van der Waals surface area contributed by atoms with Gasteiger partial charge in [-0.2, -0.15) is 0 Å². The van der Waals surface area contributed by atoms with Crippen LogP contribution in [-0.2, 0) is 28.2 Å². The van der Waals surface area contributed by atoms with E-state index in [1.54, 1.807) is 0 Å². The average molecular weight is 683 g/mol. The number of aliphatic hydroxyl groups is 1. The third kappa shape index (κ3) is 34.9. The van der Waals surface area contributed by atoms with Crippen molar-refractivity contribution in [1.82, 2.24) is 0 Å². The summed E-state index contributed by atoms with van der Waals surface area (Å²) >= 11 is 0. The van der Waals surface area contributed by atoms with Crippen LogP contribution in [0.5, 0.6) is 0 Å². The Morgan fingerprint density at radius 3 is 1.81 bits per heavy atom. The number of unbranched alkanes of at least 4 members (excludes halogenated alkanes) is 8. The highest BCUT2D eigenvalue weighted by molar-refractivity contribution is 7.46. The summed E-state index contributed by atoms with van der Waals surface area (Å²) in [6, 6.07) is 0. The van der Waals surface area contributed by atoms with Crippen molar-refractivity contribution in [2.45, 2.75) is 148 Å². The van der Waals surface area contributed by atoms with Crippen LogP contribution in [0.4, 0.5) is 0 Å². The molecule has 0 amide bonds. The van der Waals surface area contributed by atoms with Crippen molar-refractivity contribution in [3.8, 4) is 0 Å². The number of esters is 2. The van der Waals surface area contributed by atoms with E-state index in [0.717, 1.165) is 70.6 Å². The van der Waals surface area contributed by atoms with Gasteiger partial charge in [-0.25, -0.2) is 4.57 Å². The number of ether oxygens (including phenoxy) is 2. The molecule has 0 saturated carbocycles. The fraction of sp³-hybridized carbons (Fsp3) is 0.676. The van der Waals surface area contributed by atoms with Crippen LogP contribution >= 0.6 is 7.82 Å². The van der Waals surface area contributed by atoms with Crippen LogP contribution in [0.3, 0.4) is 0 Å². The second-order valence-corrected chi connectivity index (χ2v) is 12.9. The van der Waals surface area contributed by atoms with E-state index in [1.807, 2.05) is 18.2 Å². The summed E-state index contributed by atoms with van der Waals surface area (Å²) in [6.07, 6.45) is 35.8. The fourth-order valence-corrected chi connectivity index (χ4v) is 4.78. The zero-order chi connectivity index (χ0) is 34.9. The molecule has 0 aliphatic heterocycles. The van der Waals surface area contributed by atoms with Crippen LogP contribution in [0.25, 0.3) is 0 Å². The topological polar surface area (TPSA) is 140 Å². The van der Waals surface area contributed by atoms with Gasteiger partial charge in [0.05, 0.1) is 12.7 Å². The zero-order valence-electron chi connectivity index (χ0n) is 29.0. The van der Waals surface area contributed by atoms with Gasteiger partial charge in [-0.05, 0) is 70.6 Å². The summed E-state index contributed by atoms with van der Waals surface area (Å²) in [6.45, 7) is 3.36. The third-order valence-corrected chi connectivity index (χ3v) is 7.55. The molecule has 0 aliphatic carbocycles. The van der Waals surface area contributed by atoms with Gasteiger partial charge in [-0.15, -0.1) is 0 Å². The molecule has 47 heavy (non-hydrogen) atoms. The average Bonchev–Trinajstić information content (AvgIpc) is 3.02. The minimum absolute atomic E-state index is 0.117. The second kappa shape index (κ2) is 32.3. The van der Waals surface area contributed by atoms with Gasteiger partial charge in [0, 0.05) is 12.8 Å². The van der Waals surface area contributed by atoms with Crippen molar-refractivity contribution >= 4 is 19.8 Å². The maximum absolute atomic E-state index is 12.3. The molecule has 0 saturated heterocycles. The molecule has 10 heteroatoms. The van der Waals surface area contributed by atoms with Crippen molar-refractivity contribution in [1.29, 1.82) is 0 Å². The lowest BCUT2D eigenvalue weighted by molar-refractivity contribution is -0.161. The van der Waals surface area contributed by atoms with Crippen molar-refractivity contribution in [3.63, 3.8) is 0 Å². The molecule has 0 aromatic rings. The Labute approximate surface area is 284 Å². The molecule has 270 valence electrons. The molecular weight excluding hydrogens is 619 g/mol. The predicted octanol–water partition coefficient (Wildman–Crippen LogP) is 9.14. The molecule has 3 N–H and O–H groups in total. The molecule has 0 fully saturated rings. The highest BCUT2D eigenvalue weighted by atomic mass is 31.2. The van der Waals surface area contributed by atoms with E-state index in [4.69, 9.17) is 19.3 Å². The van der Waals surface area contributed by atoms with Crippen LogP contribution in [-0.4, -0.2) is 52.3 Å². The summed E-state index contributed by atoms with van der Waals surface area (Å²) in [7, 11) is -4.77. The number of phosphoric ester groups is 1. The molecule has 0 aromatic heterocycles. The minimum Gasteiger partial charge on any atom is -0.462 e. The first kappa shape index (κ1) is 44.7. The molecule has 0 radical (unpaired) electrons. The smallest absolute Gasteiger partial charge is 0.462 e. The van der Waals surface area contributed by atoms with Crippen LogP contribution < -0.4 is 0 Å². The second-order valence-electron chi connectivity index (χ2n) is 11.7. The Kier molecular flexibility index (Phi) is 30.7. The van der Waals surface area contributed by atoms with E-state index in [-0.39, 0.29) is 25.6 Å². The van der Waals surface area contributed by atoms with Gasteiger partial charge in [0.25, 0.3) is 0 Å². The van der Waals surface area contributed by atoms with E-state index in [0.29, 0.717) is 25.7 Å². The van der Waals surface area contributed by atoms with Gasteiger partial charge in [0.1, 0.15) is 6.61 Å². The van der Waals surface area contributed by atoms with Gasteiger partial charge in [0.2, 0.25) is 0 Å². The highest BCUT2D eigenvalue weighted by Crippen LogP contribution is 2.35. The molecule has 0 bridgehead atoms. The maximum atomic E-state index is 12.3. The summed E-state index contributed by atoms with van der Waals surface area (Å²) < 4.78 is 26.1. The molecule has 2 atom stereocenters. The van der Waals surface area contributed by atoms with E-state index in [9.17, 15) is 19.3 Å². The SMILES string of the molecule is CCCC/C=C\CCCCCCCC(=O)OC[C@H](COP(=O)(O)O)OC(=O)CCC/C=C\C/C=C\C/C=C\C/C=C\CC(O)CCC. The molecule has 0 spiro atoms. The van der Waals surface area contributed by atoms with E-state index in [1.165, 1.54) is 12.8 Å². The van der Waals surface area contributed by atoms with Crippen LogP contribution in [0.2, 0.25) is 0 Å². The van der Waals surface area contributed by atoms with Gasteiger partial charge in [0.15, 0.2) is 6.10 Å². The molecule has 0 heterocycles. The maximum Gasteiger partial charge on any atom is 0.469 e. The van der Waals surface area contributed by atoms with Crippen molar-refractivity contribution < 1.29 is 43.0 Å².